The van der Waals surface area contributed by atoms with E-state index in [4.69, 9.17) is 0 Å². The van der Waals surface area contributed by atoms with Gasteiger partial charge in [0.25, 0.3) is 0 Å². The molecule has 1 saturated heterocycles. The minimum absolute atomic E-state index is 0.295. The number of rotatable bonds is 7. The highest BCUT2D eigenvalue weighted by Crippen LogP contribution is 2.13. The number of nitrogens with zero attached hydrogens (tertiary/aromatic N) is 1. The van der Waals surface area contributed by atoms with Gasteiger partial charge in [0.2, 0.25) is 10.0 Å². The molecule has 1 N–H and O–H groups in total. The van der Waals surface area contributed by atoms with Crippen LogP contribution < -0.4 is 5.32 Å². The van der Waals surface area contributed by atoms with Crippen LogP contribution in [0.15, 0.2) is 0 Å². The molecule has 0 atom stereocenters. The van der Waals surface area contributed by atoms with E-state index in [9.17, 15) is 8.42 Å². The largest absolute Gasteiger partial charge is 0.317 e. The lowest BCUT2D eigenvalue weighted by molar-refractivity contribution is 0.346. The van der Waals surface area contributed by atoms with Gasteiger partial charge in [0, 0.05) is 13.1 Å². The monoisotopic (exact) mass is 248 g/mol. The van der Waals surface area contributed by atoms with E-state index in [2.05, 4.69) is 12.2 Å². The van der Waals surface area contributed by atoms with Gasteiger partial charge in [-0.25, -0.2) is 12.7 Å². The zero-order chi connectivity index (χ0) is 11.9. The Morgan fingerprint density at radius 2 is 1.81 bits per heavy atom. The Bertz CT molecular complexity index is 272. The Hall–Kier alpha value is -0.130. The predicted octanol–water partition coefficient (Wildman–Crippen LogP) is 1.19. The SMILES string of the molecule is CCCNCCCS(=O)(=O)N1CCCCC1. The van der Waals surface area contributed by atoms with Gasteiger partial charge in [0.1, 0.15) is 0 Å². The summed E-state index contributed by atoms with van der Waals surface area (Å²) in [6.45, 7) is 5.34. The van der Waals surface area contributed by atoms with Gasteiger partial charge in [-0.15, -0.1) is 0 Å². The molecule has 0 unspecified atom stereocenters. The van der Waals surface area contributed by atoms with Crippen LogP contribution in [0.25, 0.3) is 0 Å². The van der Waals surface area contributed by atoms with Crippen LogP contribution in [0, 0.1) is 0 Å². The molecule has 1 heterocycles. The molecule has 0 aromatic rings. The maximum atomic E-state index is 11.9. The second-order valence-corrected chi connectivity index (χ2v) is 6.47. The van der Waals surface area contributed by atoms with E-state index >= 15 is 0 Å². The van der Waals surface area contributed by atoms with Gasteiger partial charge in [-0.05, 0) is 38.8 Å². The normalized spacial score (nSPS) is 18.8. The van der Waals surface area contributed by atoms with Crippen LogP contribution in [0.5, 0.6) is 0 Å². The third kappa shape index (κ3) is 4.80. The van der Waals surface area contributed by atoms with Crippen molar-refractivity contribution in [3.8, 4) is 0 Å². The van der Waals surface area contributed by atoms with Gasteiger partial charge in [-0.2, -0.15) is 0 Å². The lowest BCUT2D eigenvalue weighted by atomic mass is 10.2. The molecule has 16 heavy (non-hydrogen) atoms. The molecule has 0 aromatic heterocycles. The maximum absolute atomic E-state index is 11.9. The highest BCUT2D eigenvalue weighted by molar-refractivity contribution is 7.89. The first-order valence-corrected chi connectivity index (χ1v) is 7.96. The van der Waals surface area contributed by atoms with Crippen LogP contribution in [0.4, 0.5) is 0 Å². The molecule has 1 fully saturated rings. The fourth-order valence-electron chi connectivity index (χ4n) is 1.95. The molecule has 0 radical (unpaired) electrons. The minimum Gasteiger partial charge on any atom is -0.317 e. The highest BCUT2D eigenvalue weighted by Gasteiger charge is 2.22. The molecule has 0 aliphatic carbocycles. The number of hydrogen-bond acceptors (Lipinski definition) is 3. The summed E-state index contributed by atoms with van der Waals surface area (Å²) in [6.07, 6.45) is 5.03. The number of hydrogen-bond donors (Lipinski definition) is 1. The molecule has 0 aromatic carbocycles. The van der Waals surface area contributed by atoms with Gasteiger partial charge in [-0.1, -0.05) is 13.3 Å². The maximum Gasteiger partial charge on any atom is 0.214 e. The third-order valence-electron chi connectivity index (χ3n) is 2.89. The molecule has 1 aliphatic rings. The van der Waals surface area contributed by atoms with E-state index < -0.39 is 10.0 Å². The standard InChI is InChI=1S/C11H24N2O2S/c1-2-7-12-8-6-11-16(14,15)13-9-4-3-5-10-13/h12H,2-11H2,1H3. The average Bonchev–Trinajstić information content (AvgIpc) is 2.30. The fourth-order valence-corrected chi connectivity index (χ4v) is 3.54. The number of sulfonamides is 1. The van der Waals surface area contributed by atoms with Crippen molar-refractivity contribution in [1.29, 1.82) is 0 Å². The lowest BCUT2D eigenvalue weighted by Gasteiger charge is -2.25. The zero-order valence-electron chi connectivity index (χ0n) is 10.2. The first kappa shape index (κ1) is 13.9. The van der Waals surface area contributed by atoms with Gasteiger partial charge in [-0.3, -0.25) is 0 Å². The molecule has 0 amide bonds. The summed E-state index contributed by atoms with van der Waals surface area (Å²) in [5, 5.41) is 3.23. The molecule has 4 nitrogen and oxygen atoms in total. The van der Waals surface area contributed by atoms with Crippen LogP contribution in [-0.4, -0.2) is 44.7 Å². The van der Waals surface area contributed by atoms with Gasteiger partial charge in [0.05, 0.1) is 5.75 Å². The Labute approximate surface area is 99.5 Å². The molecule has 96 valence electrons. The Morgan fingerprint density at radius 3 is 2.44 bits per heavy atom. The van der Waals surface area contributed by atoms with Crippen molar-refractivity contribution in [3.63, 3.8) is 0 Å². The molecule has 1 rings (SSSR count). The van der Waals surface area contributed by atoms with E-state index in [1.165, 1.54) is 6.42 Å². The molecule has 0 bridgehead atoms. The Morgan fingerprint density at radius 1 is 1.12 bits per heavy atom. The summed E-state index contributed by atoms with van der Waals surface area (Å²) >= 11 is 0. The topological polar surface area (TPSA) is 49.4 Å². The van der Waals surface area contributed by atoms with Crippen molar-refractivity contribution in [2.75, 3.05) is 31.9 Å². The zero-order valence-corrected chi connectivity index (χ0v) is 11.1. The lowest BCUT2D eigenvalue weighted by Crippen LogP contribution is -2.37. The minimum atomic E-state index is -2.98. The average molecular weight is 248 g/mol. The number of piperidine rings is 1. The van der Waals surface area contributed by atoms with E-state index in [-0.39, 0.29) is 0 Å². The van der Waals surface area contributed by atoms with E-state index in [1.54, 1.807) is 4.31 Å². The summed E-state index contributed by atoms with van der Waals surface area (Å²) in [7, 11) is -2.98. The summed E-state index contributed by atoms with van der Waals surface area (Å²) in [5.41, 5.74) is 0. The van der Waals surface area contributed by atoms with Crippen LogP contribution in [0.1, 0.15) is 39.0 Å². The Balaban J connectivity index is 2.22. The third-order valence-corrected chi connectivity index (χ3v) is 4.85. The van der Waals surface area contributed by atoms with E-state index in [0.717, 1.165) is 51.9 Å². The van der Waals surface area contributed by atoms with Crippen molar-refractivity contribution >= 4 is 10.0 Å². The van der Waals surface area contributed by atoms with Crippen molar-refractivity contribution in [2.45, 2.75) is 39.0 Å². The van der Waals surface area contributed by atoms with Crippen LogP contribution in [-0.2, 0) is 10.0 Å². The summed E-state index contributed by atoms with van der Waals surface area (Å²) in [4.78, 5) is 0. The Kier molecular flexibility index (Phi) is 6.31. The van der Waals surface area contributed by atoms with Gasteiger partial charge < -0.3 is 5.32 Å². The number of nitrogens with one attached hydrogen (secondary N) is 1. The second-order valence-electron chi connectivity index (χ2n) is 4.38. The molecular weight excluding hydrogens is 224 g/mol. The van der Waals surface area contributed by atoms with Crippen LogP contribution >= 0.6 is 0 Å². The van der Waals surface area contributed by atoms with Crippen molar-refractivity contribution < 1.29 is 8.42 Å². The summed E-state index contributed by atoms with van der Waals surface area (Å²) in [5.74, 6) is 0.295. The summed E-state index contributed by atoms with van der Waals surface area (Å²) < 4.78 is 25.5. The highest BCUT2D eigenvalue weighted by atomic mass is 32.2. The van der Waals surface area contributed by atoms with Gasteiger partial charge >= 0.3 is 0 Å². The van der Waals surface area contributed by atoms with Crippen molar-refractivity contribution in [3.05, 3.63) is 0 Å². The molecule has 0 saturated carbocycles. The molecule has 0 spiro atoms. The smallest absolute Gasteiger partial charge is 0.214 e. The first-order valence-electron chi connectivity index (χ1n) is 6.35. The molecule has 5 heteroatoms. The van der Waals surface area contributed by atoms with Crippen molar-refractivity contribution in [1.82, 2.24) is 9.62 Å². The van der Waals surface area contributed by atoms with Gasteiger partial charge in [0.15, 0.2) is 0 Å². The second kappa shape index (κ2) is 7.25. The summed E-state index contributed by atoms with van der Waals surface area (Å²) in [6, 6.07) is 0. The van der Waals surface area contributed by atoms with Crippen molar-refractivity contribution in [2.24, 2.45) is 0 Å². The van der Waals surface area contributed by atoms with Crippen LogP contribution in [0.2, 0.25) is 0 Å². The van der Waals surface area contributed by atoms with E-state index in [1.807, 2.05) is 0 Å². The fraction of sp³-hybridized carbons (Fsp3) is 1.00. The first-order chi connectivity index (χ1) is 7.67. The van der Waals surface area contributed by atoms with E-state index in [0.29, 0.717) is 5.75 Å². The van der Waals surface area contributed by atoms with Crippen LogP contribution in [0.3, 0.4) is 0 Å². The molecular formula is C11H24N2O2S. The predicted molar refractivity (Wildman–Crippen MR) is 67.0 cm³/mol. The molecule has 1 aliphatic heterocycles. The quantitative estimate of drug-likeness (QED) is 0.689.